The third-order valence-electron chi connectivity index (χ3n) is 3.07. The molecule has 0 bridgehead atoms. The van der Waals surface area contributed by atoms with Crippen LogP contribution in [0.15, 0.2) is 40.9 Å². The zero-order chi connectivity index (χ0) is 15.9. The molecule has 116 valence electrons. The van der Waals surface area contributed by atoms with Crippen LogP contribution >= 0.6 is 22.9 Å². The minimum Gasteiger partial charge on any atom is -0.378 e. The first kappa shape index (κ1) is 15.1. The number of nitrogens with zero attached hydrogens (tertiary/aromatic N) is 3. The van der Waals surface area contributed by atoms with Gasteiger partial charge in [-0.25, -0.2) is 4.98 Å². The highest BCUT2D eigenvalue weighted by atomic mass is 35.5. The first-order valence-corrected chi connectivity index (χ1v) is 9.04. The predicted molar refractivity (Wildman–Crippen MR) is 89.7 cm³/mol. The maximum atomic E-state index is 12.6. The van der Waals surface area contributed by atoms with Crippen molar-refractivity contribution in [2.24, 2.45) is 0 Å². The highest BCUT2D eigenvalue weighted by Gasteiger charge is 2.25. The lowest BCUT2D eigenvalue weighted by Crippen LogP contribution is -2.15. The number of hydrogen-bond acceptors (Lipinski definition) is 5. The SMILES string of the molecule is CN(C)c1ccc(NS(=O)(=O)c2c(Cl)nc3sccn23)cc1. The smallest absolute Gasteiger partial charge is 0.281 e. The number of rotatable bonds is 4. The van der Waals surface area contributed by atoms with E-state index in [4.69, 9.17) is 11.6 Å². The Hall–Kier alpha value is -1.77. The molecule has 0 radical (unpaired) electrons. The summed E-state index contributed by atoms with van der Waals surface area (Å²) in [5.41, 5.74) is 1.44. The summed E-state index contributed by atoms with van der Waals surface area (Å²) < 4.78 is 29.1. The van der Waals surface area contributed by atoms with Crippen LogP contribution in [-0.4, -0.2) is 31.9 Å². The number of imidazole rings is 1. The highest BCUT2D eigenvalue weighted by molar-refractivity contribution is 7.92. The second-order valence-electron chi connectivity index (χ2n) is 4.81. The number of sulfonamides is 1. The Kier molecular flexibility index (Phi) is 3.75. The summed E-state index contributed by atoms with van der Waals surface area (Å²) in [6, 6.07) is 7.06. The van der Waals surface area contributed by atoms with Crippen LogP contribution in [0.1, 0.15) is 0 Å². The van der Waals surface area contributed by atoms with Gasteiger partial charge in [-0.3, -0.25) is 9.12 Å². The van der Waals surface area contributed by atoms with Gasteiger partial charge in [-0.05, 0) is 24.3 Å². The minimum absolute atomic E-state index is 0.0377. The van der Waals surface area contributed by atoms with Crippen molar-refractivity contribution < 1.29 is 8.42 Å². The second-order valence-corrected chi connectivity index (χ2v) is 7.64. The van der Waals surface area contributed by atoms with Gasteiger partial charge in [0.1, 0.15) is 0 Å². The van der Waals surface area contributed by atoms with E-state index >= 15 is 0 Å². The highest BCUT2D eigenvalue weighted by Crippen LogP contribution is 2.27. The molecule has 0 aliphatic heterocycles. The van der Waals surface area contributed by atoms with Crippen molar-refractivity contribution in [2.75, 3.05) is 23.7 Å². The molecule has 0 fully saturated rings. The van der Waals surface area contributed by atoms with E-state index < -0.39 is 10.0 Å². The maximum Gasteiger partial charge on any atom is 0.281 e. The van der Waals surface area contributed by atoms with Gasteiger partial charge in [-0.1, -0.05) is 11.6 Å². The molecule has 0 atom stereocenters. The predicted octanol–water partition coefficient (Wildman–Crippen LogP) is 2.92. The lowest BCUT2D eigenvalue weighted by Gasteiger charge is -2.13. The van der Waals surface area contributed by atoms with Crippen molar-refractivity contribution in [3.05, 3.63) is 41.0 Å². The van der Waals surface area contributed by atoms with E-state index in [0.29, 0.717) is 10.6 Å². The van der Waals surface area contributed by atoms with E-state index in [-0.39, 0.29) is 10.2 Å². The summed E-state index contributed by atoms with van der Waals surface area (Å²) in [7, 11) is 0.0117. The van der Waals surface area contributed by atoms with Crippen LogP contribution in [0, 0.1) is 0 Å². The van der Waals surface area contributed by atoms with Crippen LogP contribution in [0.4, 0.5) is 11.4 Å². The van der Waals surface area contributed by atoms with E-state index in [1.54, 1.807) is 23.7 Å². The summed E-state index contributed by atoms with van der Waals surface area (Å²) in [5, 5.41) is 1.66. The van der Waals surface area contributed by atoms with Crippen LogP contribution < -0.4 is 9.62 Å². The van der Waals surface area contributed by atoms with E-state index in [1.807, 2.05) is 31.1 Å². The standard InChI is InChI=1S/C13H13ClN4O2S2/c1-17(2)10-5-3-9(4-6-10)16-22(19,20)12-11(14)15-13-18(12)7-8-21-13/h3-8,16H,1-2H3. The van der Waals surface area contributed by atoms with E-state index in [0.717, 1.165) is 5.69 Å². The molecule has 0 saturated carbocycles. The van der Waals surface area contributed by atoms with Crippen molar-refractivity contribution in [3.8, 4) is 0 Å². The molecule has 0 unspecified atom stereocenters. The molecular formula is C13H13ClN4O2S2. The number of anilines is 2. The van der Waals surface area contributed by atoms with Crippen molar-refractivity contribution in [1.82, 2.24) is 9.38 Å². The number of hydrogen-bond donors (Lipinski definition) is 1. The van der Waals surface area contributed by atoms with Gasteiger partial charge >= 0.3 is 0 Å². The fourth-order valence-corrected chi connectivity index (χ4v) is 4.52. The molecule has 9 heteroatoms. The molecule has 0 saturated heterocycles. The fourth-order valence-electron chi connectivity index (χ4n) is 2.01. The quantitative estimate of drug-likeness (QED) is 0.780. The first-order valence-electron chi connectivity index (χ1n) is 6.30. The van der Waals surface area contributed by atoms with Gasteiger partial charge in [0.15, 0.2) is 15.1 Å². The molecule has 2 aromatic heterocycles. The fraction of sp³-hybridized carbons (Fsp3) is 0.154. The number of thiazole rings is 1. The zero-order valence-electron chi connectivity index (χ0n) is 11.8. The normalized spacial score (nSPS) is 11.8. The number of halogens is 1. The van der Waals surface area contributed by atoms with Gasteiger partial charge in [0.2, 0.25) is 0 Å². The Morgan fingerprint density at radius 1 is 1.27 bits per heavy atom. The number of nitrogens with one attached hydrogen (secondary N) is 1. The van der Waals surface area contributed by atoms with Gasteiger partial charge in [0.25, 0.3) is 10.0 Å². The molecular weight excluding hydrogens is 344 g/mol. The van der Waals surface area contributed by atoms with E-state index in [1.165, 1.54) is 15.7 Å². The molecule has 6 nitrogen and oxygen atoms in total. The van der Waals surface area contributed by atoms with Gasteiger partial charge in [0, 0.05) is 37.0 Å². The molecule has 22 heavy (non-hydrogen) atoms. The van der Waals surface area contributed by atoms with Crippen LogP contribution in [0.3, 0.4) is 0 Å². The summed E-state index contributed by atoms with van der Waals surface area (Å²) >= 11 is 7.29. The third kappa shape index (κ3) is 2.65. The van der Waals surface area contributed by atoms with Crippen LogP contribution in [0.5, 0.6) is 0 Å². The molecule has 0 aliphatic carbocycles. The Morgan fingerprint density at radius 3 is 2.59 bits per heavy atom. The number of benzene rings is 1. The maximum absolute atomic E-state index is 12.6. The summed E-state index contributed by atoms with van der Waals surface area (Å²) in [6.45, 7) is 0. The molecule has 1 N–H and O–H groups in total. The van der Waals surface area contributed by atoms with Crippen molar-refractivity contribution in [2.45, 2.75) is 5.03 Å². The molecule has 1 aromatic carbocycles. The topological polar surface area (TPSA) is 66.7 Å². The number of aromatic nitrogens is 2. The van der Waals surface area contributed by atoms with Gasteiger partial charge in [-0.15, -0.1) is 11.3 Å². The lowest BCUT2D eigenvalue weighted by atomic mass is 10.3. The third-order valence-corrected chi connectivity index (χ3v) is 5.60. The van der Waals surface area contributed by atoms with Gasteiger partial charge in [0.05, 0.1) is 0 Å². The Labute approximate surface area is 137 Å². The zero-order valence-corrected chi connectivity index (χ0v) is 14.2. The molecule has 3 aromatic rings. The molecule has 0 aliphatic rings. The van der Waals surface area contributed by atoms with Crippen LogP contribution in [0.2, 0.25) is 5.15 Å². The summed E-state index contributed by atoms with van der Waals surface area (Å²) in [5.74, 6) is 0. The molecule has 0 spiro atoms. The number of fused-ring (bicyclic) bond motifs is 1. The minimum atomic E-state index is -3.82. The first-order chi connectivity index (χ1) is 10.4. The largest absolute Gasteiger partial charge is 0.378 e. The van der Waals surface area contributed by atoms with E-state index in [2.05, 4.69) is 9.71 Å². The monoisotopic (exact) mass is 356 g/mol. The van der Waals surface area contributed by atoms with Gasteiger partial charge < -0.3 is 4.90 Å². The average Bonchev–Trinajstić information content (AvgIpc) is 2.98. The Bertz CT molecular complexity index is 913. The Balaban J connectivity index is 1.96. The van der Waals surface area contributed by atoms with Crippen molar-refractivity contribution in [3.63, 3.8) is 0 Å². The van der Waals surface area contributed by atoms with Crippen LogP contribution in [0.25, 0.3) is 4.96 Å². The summed E-state index contributed by atoms with van der Waals surface area (Å²) in [6.07, 6.45) is 1.63. The van der Waals surface area contributed by atoms with Crippen LogP contribution in [-0.2, 0) is 10.0 Å². The second kappa shape index (κ2) is 5.45. The lowest BCUT2D eigenvalue weighted by molar-refractivity contribution is 0.597. The molecule has 2 heterocycles. The average molecular weight is 357 g/mol. The van der Waals surface area contributed by atoms with Crippen molar-refractivity contribution >= 4 is 49.3 Å². The Morgan fingerprint density at radius 2 is 1.95 bits per heavy atom. The van der Waals surface area contributed by atoms with Gasteiger partial charge in [-0.2, -0.15) is 8.42 Å². The molecule has 0 amide bonds. The van der Waals surface area contributed by atoms with E-state index in [9.17, 15) is 8.42 Å². The summed E-state index contributed by atoms with van der Waals surface area (Å²) in [4.78, 5) is 6.51. The molecule has 3 rings (SSSR count). The van der Waals surface area contributed by atoms with Crippen molar-refractivity contribution in [1.29, 1.82) is 0 Å².